The van der Waals surface area contributed by atoms with Gasteiger partial charge in [-0.15, -0.1) is 0 Å². The molecule has 0 saturated carbocycles. The van der Waals surface area contributed by atoms with E-state index in [0.717, 1.165) is 22.2 Å². The first-order valence-electron chi connectivity index (χ1n) is 9.62. The lowest BCUT2D eigenvalue weighted by Gasteiger charge is -2.11. The van der Waals surface area contributed by atoms with Gasteiger partial charge in [0.15, 0.2) is 0 Å². The third-order valence-corrected chi connectivity index (χ3v) is 5.37. The Morgan fingerprint density at radius 2 is 1.82 bits per heavy atom. The van der Waals surface area contributed by atoms with E-state index in [9.17, 15) is 4.79 Å². The molecular weight excluding hydrogens is 416 g/mol. The summed E-state index contributed by atoms with van der Waals surface area (Å²) < 4.78 is 1.01. The maximum atomic E-state index is 12.5. The van der Waals surface area contributed by atoms with Crippen molar-refractivity contribution in [3.05, 3.63) is 69.7 Å². The standard InChI is InChI=1S/C22H27BrN4O/c1-14(2)12-16-4-6-18(7-5-16)20-13-21(26-25-20)22(28)27-24-15(3)17-8-10-19(23)11-9-17/h4-11,14,20-21,25-26H,12-13H2,1-3H3,(H,27,28)/b24-15-. The molecule has 0 radical (unpaired) electrons. The van der Waals surface area contributed by atoms with E-state index in [4.69, 9.17) is 0 Å². The van der Waals surface area contributed by atoms with Crippen LogP contribution < -0.4 is 16.3 Å². The number of nitrogens with one attached hydrogen (secondary N) is 3. The molecule has 2 aromatic rings. The van der Waals surface area contributed by atoms with E-state index in [0.29, 0.717) is 12.3 Å². The normalized spacial score (nSPS) is 19.8. The van der Waals surface area contributed by atoms with Crippen LogP contribution >= 0.6 is 15.9 Å². The Morgan fingerprint density at radius 3 is 2.46 bits per heavy atom. The Hall–Kier alpha value is -2.02. The van der Waals surface area contributed by atoms with Crippen molar-refractivity contribution in [1.29, 1.82) is 0 Å². The van der Waals surface area contributed by atoms with Crippen molar-refractivity contribution in [2.45, 2.75) is 45.7 Å². The highest BCUT2D eigenvalue weighted by atomic mass is 79.9. The lowest BCUT2D eigenvalue weighted by Crippen LogP contribution is -2.41. The quantitative estimate of drug-likeness (QED) is 0.466. The molecule has 2 unspecified atom stereocenters. The van der Waals surface area contributed by atoms with Gasteiger partial charge >= 0.3 is 0 Å². The highest BCUT2D eigenvalue weighted by Gasteiger charge is 2.30. The molecule has 28 heavy (non-hydrogen) atoms. The summed E-state index contributed by atoms with van der Waals surface area (Å²) in [6, 6.07) is 16.3. The lowest BCUT2D eigenvalue weighted by atomic mass is 9.97. The van der Waals surface area contributed by atoms with Crippen LogP contribution in [0.3, 0.4) is 0 Å². The van der Waals surface area contributed by atoms with Crippen molar-refractivity contribution in [2.75, 3.05) is 0 Å². The van der Waals surface area contributed by atoms with Gasteiger partial charge in [0, 0.05) is 10.5 Å². The average Bonchev–Trinajstić information content (AvgIpc) is 3.17. The van der Waals surface area contributed by atoms with Gasteiger partial charge in [-0.2, -0.15) is 5.10 Å². The van der Waals surface area contributed by atoms with Gasteiger partial charge in [-0.05, 0) is 54.5 Å². The third kappa shape index (κ3) is 5.50. The zero-order valence-electron chi connectivity index (χ0n) is 16.5. The SMILES string of the molecule is C/C(=N/NC(=O)C1CC(c2ccc(CC(C)C)cc2)NN1)c1ccc(Br)cc1. The van der Waals surface area contributed by atoms with Gasteiger partial charge in [-0.1, -0.05) is 66.2 Å². The molecule has 0 aliphatic carbocycles. The number of halogens is 1. The molecule has 1 saturated heterocycles. The summed E-state index contributed by atoms with van der Waals surface area (Å²) in [6.45, 7) is 6.33. The summed E-state index contributed by atoms with van der Waals surface area (Å²) in [5, 5.41) is 4.24. The van der Waals surface area contributed by atoms with Gasteiger partial charge in [0.25, 0.3) is 5.91 Å². The number of carbonyl (C=O) groups excluding carboxylic acids is 1. The van der Waals surface area contributed by atoms with E-state index in [1.165, 1.54) is 11.1 Å². The summed E-state index contributed by atoms with van der Waals surface area (Å²) in [5.41, 5.74) is 13.3. The minimum Gasteiger partial charge on any atom is -0.271 e. The van der Waals surface area contributed by atoms with E-state index < -0.39 is 0 Å². The van der Waals surface area contributed by atoms with Crippen LogP contribution in [0.1, 0.15) is 49.9 Å². The van der Waals surface area contributed by atoms with E-state index in [1.54, 1.807) is 0 Å². The van der Waals surface area contributed by atoms with Gasteiger partial charge in [-0.3, -0.25) is 4.79 Å². The van der Waals surface area contributed by atoms with Gasteiger partial charge in [-0.25, -0.2) is 16.3 Å². The van der Waals surface area contributed by atoms with E-state index >= 15 is 0 Å². The minimum absolute atomic E-state index is 0.111. The Kier molecular flexibility index (Phi) is 6.99. The molecule has 1 amide bonds. The van der Waals surface area contributed by atoms with Crippen LogP contribution in [-0.4, -0.2) is 17.7 Å². The van der Waals surface area contributed by atoms with Crippen molar-refractivity contribution in [3.8, 4) is 0 Å². The molecule has 1 fully saturated rings. The minimum atomic E-state index is -0.318. The summed E-state index contributed by atoms with van der Waals surface area (Å²) >= 11 is 3.42. The summed E-state index contributed by atoms with van der Waals surface area (Å²) in [6.07, 6.45) is 1.76. The van der Waals surface area contributed by atoms with Gasteiger partial charge in [0.05, 0.1) is 5.71 Å². The van der Waals surface area contributed by atoms with E-state index in [1.807, 2.05) is 31.2 Å². The first-order chi connectivity index (χ1) is 13.4. The molecule has 148 valence electrons. The molecule has 0 aromatic heterocycles. The number of nitrogens with zero attached hydrogens (tertiary/aromatic N) is 1. The number of hydrazone groups is 1. The number of rotatable bonds is 6. The van der Waals surface area contributed by atoms with Crippen LogP contribution in [0.15, 0.2) is 58.1 Å². The molecule has 3 N–H and O–H groups in total. The van der Waals surface area contributed by atoms with Crippen LogP contribution in [0.2, 0.25) is 0 Å². The number of benzene rings is 2. The maximum Gasteiger partial charge on any atom is 0.258 e. The highest BCUT2D eigenvalue weighted by Crippen LogP contribution is 2.23. The van der Waals surface area contributed by atoms with Crippen LogP contribution in [-0.2, 0) is 11.2 Å². The van der Waals surface area contributed by atoms with Crippen LogP contribution in [0.4, 0.5) is 0 Å². The second-order valence-corrected chi connectivity index (χ2v) is 8.56. The molecular formula is C22H27BrN4O. The van der Waals surface area contributed by atoms with Crippen molar-refractivity contribution >= 4 is 27.5 Å². The number of amides is 1. The van der Waals surface area contributed by atoms with Gasteiger partial charge in [0.1, 0.15) is 6.04 Å². The Balaban J connectivity index is 1.55. The third-order valence-electron chi connectivity index (χ3n) is 4.84. The second-order valence-electron chi connectivity index (χ2n) is 7.65. The van der Waals surface area contributed by atoms with E-state index in [-0.39, 0.29) is 18.0 Å². The predicted octanol–water partition coefficient (Wildman–Crippen LogP) is 4.10. The smallest absolute Gasteiger partial charge is 0.258 e. The Bertz CT molecular complexity index is 831. The van der Waals surface area contributed by atoms with Crippen LogP contribution in [0, 0.1) is 5.92 Å². The molecule has 2 aromatic carbocycles. The van der Waals surface area contributed by atoms with Crippen molar-refractivity contribution in [3.63, 3.8) is 0 Å². The summed E-state index contributed by atoms with van der Waals surface area (Å²) in [5.74, 6) is 0.509. The van der Waals surface area contributed by atoms with E-state index in [2.05, 4.69) is 75.4 Å². The zero-order chi connectivity index (χ0) is 20.1. The molecule has 1 aliphatic rings. The second kappa shape index (κ2) is 9.45. The Morgan fingerprint density at radius 1 is 1.14 bits per heavy atom. The molecule has 5 nitrogen and oxygen atoms in total. The highest BCUT2D eigenvalue weighted by molar-refractivity contribution is 9.10. The fourth-order valence-corrected chi connectivity index (χ4v) is 3.54. The van der Waals surface area contributed by atoms with Crippen molar-refractivity contribution < 1.29 is 4.79 Å². The summed E-state index contributed by atoms with van der Waals surface area (Å²) in [7, 11) is 0. The molecule has 1 heterocycles. The number of hydrogen-bond donors (Lipinski definition) is 3. The predicted molar refractivity (Wildman–Crippen MR) is 117 cm³/mol. The number of carbonyl (C=O) groups is 1. The number of hydrazine groups is 1. The van der Waals surface area contributed by atoms with Crippen molar-refractivity contribution in [1.82, 2.24) is 16.3 Å². The molecule has 1 aliphatic heterocycles. The zero-order valence-corrected chi connectivity index (χ0v) is 18.1. The number of hydrogen-bond acceptors (Lipinski definition) is 4. The van der Waals surface area contributed by atoms with Crippen molar-refractivity contribution in [2.24, 2.45) is 11.0 Å². The molecule has 0 bridgehead atoms. The average molecular weight is 443 g/mol. The molecule has 6 heteroatoms. The largest absolute Gasteiger partial charge is 0.271 e. The lowest BCUT2D eigenvalue weighted by molar-refractivity contribution is -0.122. The fraction of sp³-hybridized carbons (Fsp3) is 0.364. The summed E-state index contributed by atoms with van der Waals surface area (Å²) in [4.78, 5) is 12.5. The van der Waals surface area contributed by atoms with Crippen LogP contribution in [0.5, 0.6) is 0 Å². The van der Waals surface area contributed by atoms with Gasteiger partial charge in [0.2, 0.25) is 0 Å². The topological polar surface area (TPSA) is 65.5 Å². The molecule has 3 rings (SSSR count). The first kappa shape index (κ1) is 20.7. The first-order valence-corrected chi connectivity index (χ1v) is 10.4. The fourth-order valence-electron chi connectivity index (χ4n) is 3.28. The Labute approximate surface area is 175 Å². The molecule has 0 spiro atoms. The maximum absolute atomic E-state index is 12.5. The monoisotopic (exact) mass is 442 g/mol. The molecule has 2 atom stereocenters. The van der Waals surface area contributed by atoms with Crippen LogP contribution in [0.25, 0.3) is 0 Å². The van der Waals surface area contributed by atoms with Gasteiger partial charge < -0.3 is 0 Å².